The van der Waals surface area contributed by atoms with Crippen LogP contribution in [0.15, 0.2) is 23.1 Å². The molecular formula is C13H20ClNO4S. The number of methoxy groups -OCH3 is 1. The largest absolute Gasteiger partial charge is 0.392 e. The van der Waals surface area contributed by atoms with E-state index in [0.29, 0.717) is 12.2 Å². The molecule has 1 N–H and O–H groups in total. The molecule has 0 aliphatic heterocycles. The van der Waals surface area contributed by atoms with Gasteiger partial charge in [0, 0.05) is 19.7 Å². The summed E-state index contributed by atoms with van der Waals surface area (Å²) in [5.41, 5.74) is 0.503. The average Bonchev–Trinajstić information content (AvgIpc) is 2.38. The highest BCUT2D eigenvalue weighted by atomic mass is 35.5. The molecule has 0 aliphatic rings. The first-order valence-electron chi connectivity index (χ1n) is 6.24. The van der Waals surface area contributed by atoms with E-state index in [1.807, 2.05) is 0 Å². The molecule has 0 radical (unpaired) electrons. The Morgan fingerprint density at radius 1 is 1.40 bits per heavy atom. The Morgan fingerprint density at radius 3 is 2.55 bits per heavy atom. The van der Waals surface area contributed by atoms with E-state index in [-0.39, 0.29) is 29.1 Å². The van der Waals surface area contributed by atoms with Gasteiger partial charge in [-0.15, -0.1) is 0 Å². The van der Waals surface area contributed by atoms with Crippen molar-refractivity contribution in [2.24, 2.45) is 0 Å². The minimum Gasteiger partial charge on any atom is -0.392 e. The predicted octanol–water partition coefficient (Wildman–Crippen LogP) is 1.88. The van der Waals surface area contributed by atoms with Gasteiger partial charge in [-0.1, -0.05) is 17.7 Å². The summed E-state index contributed by atoms with van der Waals surface area (Å²) in [6.45, 7) is 3.89. The molecule has 0 amide bonds. The fraction of sp³-hybridized carbons (Fsp3) is 0.538. The van der Waals surface area contributed by atoms with E-state index in [4.69, 9.17) is 21.4 Å². The molecule has 0 bridgehead atoms. The molecule has 1 rings (SSSR count). The van der Waals surface area contributed by atoms with Crippen LogP contribution in [0.4, 0.5) is 0 Å². The fourth-order valence-electron chi connectivity index (χ4n) is 1.81. The summed E-state index contributed by atoms with van der Waals surface area (Å²) >= 11 is 6.00. The lowest BCUT2D eigenvalue weighted by molar-refractivity contribution is 0.171. The van der Waals surface area contributed by atoms with Gasteiger partial charge in [-0.2, -0.15) is 4.31 Å². The van der Waals surface area contributed by atoms with Crippen LogP contribution in [0.25, 0.3) is 0 Å². The molecule has 1 aromatic carbocycles. The smallest absolute Gasteiger partial charge is 0.244 e. The Labute approximate surface area is 125 Å². The molecule has 0 fully saturated rings. The number of benzene rings is 1. The summed E-state index contributed by atoms with van der Waals surface area (Å²) in [7, 11) is -2.21. The van der Waals surface area contributed by atoms with Crippen LogP contribution in [0, 0.1) is 0 Å². The number of sulfonamides is 1. The van der Waals surface area contributed by atoms with Gasteiger partial charge in [0.1, 0.15) is 4.90 Å². The van der Waals surface area contributed by atoms with Crippen molar-refractivity contribution in [3.63, 3.8) is 0 Å². The molecule has 0 saturated carbocycles. The minimum absolute atomic E-state index is 0.00974. The third-order valence-corrected chi connectivity index (χ3v) is 5.41. The molecule has 0 unspecified atom stereocenters. The zero-order valence-corrected chi connectivity index (χ0v) is 13.4. The van der Waals surface area contributed by atoms with Crippen LogP contribution >= 0.6 is 11.6 Å². The molecule has 0 spiro atoms. The number of nitrogens with zero attached hydrogens (tertiary/aromatic N) is 1. The predicted molar refractivity (Wildman–Crippen MR) is 78.3 cm³/mol. The van der Waals surface area contributed by atoms with Crippen LogP contribution in [0.2, 0.25) is 5.02 Å². The summed E-state index contributed by atoms with van der Waals surface area (Å²) in [4.78, 5) is 0.00974. The van der Waals surface area contributed by atoms with E-state index in [1.54, 1.807) is 19.9 Å². The SMILES string of the molecule is COCCN(C(C)C)S(=O)(=O)c1cc(CO)ccc1Cl. The van der Waals surface area contributed by atoms with Crippen molar-refractivity contribution in [2.75, 3.05) is 20.3 Å². The van der Waals surface area contributed by atoms with E-state index in [1.165, 1.54) is 23.5 Å². The number of halogens is 1. The quantitative estimate of drug-likeness (QED) is 0.832. The number of rotatable bonds is 7. The highest BCUT2D eigenvalue weighted by Crippen LogP contribution is 2.27. The number of hydrogen-bond acceptors (Lipinski definition) is 4. The van der Waals surface area contributed by atoms with Gasteiger partial charge in [-0.25, -0.2) is 8.42 Å². The normalized spacial score (nSPS) is 12.3. The van der Waals surface area contributed by atoms with Gasteiger partial charge in [0.15, 0.2) is 0 Å². The standard InChI is InChI=1S/C13H20ClNO4S/c1-10(2)15(6-7-19-3)20(17,18)13-8-11(9-16)4-5-12(13)14/h4-5,8,10,16H,6-7,9H2,1-3H3. The van der Waals surface area contributed by atoms with Crippen molar-refractivity contribution in [3.05, 3.63) is 28.8 Å². The third-order valence-electron chi connectivity index (χ3n) is 2.86. The maximum absolute atomic E-state index is 12.7. The topological polar surface area (TPSA) is 66.8 Å². The van der Waals surface area contributed by atoms with E-state index < -0.39 is 10.0 Å². The van der Waals surface area contributed by atoms with Crippen molar-refractivity contribution in [1.82, 2.24) is 4.31 Å². The Kier molecular flexibility index (Phi) is 6.42. The molecule has 1 aromatic rings. The summed E-state index contributed by atoms with van der Waals surface area (Å²) in [5, 5.41) is 9.28. The van der Waals surface area contributed by atoms with E-state index in [9.17, 15) is 8.42 Å². The van der Waals surface area contributed by atoms with E-state index >= 15 is 0 Å². The molecule has 0 atom stereocenters. The highest BCUT2D eigenvalue weighted by molar-refractivity contribution is 7.89. The van der Waals surface area contributed by atoms with Gasteiger partial charge in [0.05, 0.1) is 18.2 Å². The van der Waals surface area contributed by atoms with Crippen LogP contribution in [0.5, 0.6) is 0 Å². The maximum atomic E-state index is 12.7. The molecule has 0 aliphatic carbocycles. The average molecular weight is 322 g/mol. The second kappa shape index (κ2) is 7.38. The molecular weight excluding hydrogens is 302 g/mol. The molecule has 0 saturated heterocycles. The zero-order chi connectivity index (χ0) is 15.3. The van der Waals surface area contributed by atoms with Crippen LogP contribution < -0.4 is 0 Å². The molecule has 0 heterocycles. The van der Waals surface area contributed by atoms with Gasteiger partial charge in [0.2, 0.25) is 10.0 Å². The third kappa shape index (κ3) is 3.93. The number of hydrogen-bond donors (Lipinski definition) is 1. The minimum atomic E-state index is -3.73. The second-order valence-corrected chi connectivity index (χ2v) is 6.89. The van der Waals surface area contributed by atoms with Crippen LogP contribution in [0.1, 0.15) is 19.4 Å². The number of ether oxygens (including phenoxy) is 1. The summed E-state index contributed by atoms with van der Waals surface area (Å²) in [6, 6.07) is 4.26. The lowest BCUT2D eigenvalue weighted by Crippen LogP contribution is -2.39. The van der Waals surface area contributed by atoms with Crippen molar-refractivity contribution < 1.29 is 18.3 Å². The summed E-state index contributed by atoms with van der Waals surface area (Å²) in [5.74, 6) is 0. The van der Waals surface area contributed by atoms with Crippen molar-refractivity contribution in [1.29, 1.82) is 0 Å². The van der Waals surface area contributed by atoms with Crippen molar-refractivity contribution >= 4 is 21.6 Å². The van der Waals surface area contributed by atoms with Crippen molar-refractivity contribution in [3.8, 4) is 0 Å². The molecule has 5 nitrogen and oxygen atoms in total. The van der Waals surface area contributed by atoms with Gasteiger partial charge >= 0.3 is 0 Å². The molecule has 20 heavy (non-hydrogen) atoms. The Hall–Kier alpha value is -0.660. The van der Waals surface area contributed by atoms with Crippen LogP contribution in [0.3, 0.4) is 0 Å². The first-order valence-corrected chi connectivity index (χ1v) is 8.06. The second-order valence-electron chi connectivity index (χ2n) is 4.63. The van der Waals surface area contributed by atoms with Gasteiger partial charge in [-0.05, 0) is 31.5 Å². The summed E-state index contributed by atoms with van der Waals surface area (Å²) in [6.07, 6.45) is 0. The van der Waals surface area contributed by atoms with E-state index in [2.05, 4.69) is 0 Å². The Balaban J connectivity index is 3.25. The van der Waals surface area contributed by atoms with Crippen molar-refractivity contribution in [2.45, 2.75) is 31.4 Å². The van der Waals surface area contributed by atoms with E-state index in [0.717, 1.165) is 0 Å². The zero-order valence-electron chi connectivity index (χ0n) is 11.8. The van der Waals surface area contributed by atoms with Crippen LogP contribution in [-0.2, 0) is 21.4 Å². The Bertz CT molecular complexity index is 545. The van der Waals surface area contributed by atoms with Gasteiger partial charge in [0.25, 0.3) is 0 Å². The first-order chi connectivity index (χ1) is 9.34. The molecule has 7 heteroatoms. The maximum Gasteiger partial charge on any atom is 0.244 e. The molecule has 0 aromatic heterocycles. The summed E-state index contributed by atoms with van der Waals surface area (Å²) < 4.78 is 31.6. The number of aliphatic hydroxyl groups excluding tert-OH is 1. The fourth-order valence-corrected chi connectivity index (χ4v) is 3.95. The highest BCUT2D eigenvalue weighted by Gasteiger charge is 2.28. The lowest BCUT2D eigenvalue weighted by Gasteiger charge is -2.26. The van der Waals surface area contributed by atoms with Crippen LogP contribution in [-0.4, -0.2) is 44.1 Å². The van der Waals surface area contributed by atoms with Gasteiger partial charge in [-0.3, -0.25) is 0 Å². The number of aliphatic hydroxyl groups is 1. The molecule has 114 valence electrons. The lowest BCUT2D eigenvalue weighted by atomic mass is 10.2. The van der Waals surface area contributed by atoms with Gasteiger partial charge < -0.3 is 9.84 Å². The Morgan fingerprint density at radius 2 is 2.05 bits per heavy atom. The monoisotopic (exact) mass is 321 g/mol. The first kappa shape index (κ1) is 17.4.